The van der Waals surface area contributed by atoms with Gasteiger partial charge in [-0.3, -0.25) is 0 Å². The highest BCUT2D eigenvalue weighted by Crippen LogP contribution is 2.44. The van der Waals surface area contributed by atoms with Gasteiger partial charge in [0.1, 0.15) is 0 Å². The van der Waals surface area contributed by atoms with Gasteiger partial charge in [0.2, 0.25) is 0 Å². The van der Waals surface area contributed by atoms with Crippen LogP contribution in [0.5, 0.6) is 0 Å². The monoisotopic (exact) mass is 670 g/mol. The molecule has 0 fully saturated rings. The molecule has 4 heteroatoms. The first-order valence-corrected chi connectivity index (χ1v) is 17.0. The molecule has 0 spiro atoms. The number of fused-ring (bicyclic) bond motifs is 6. The molecule has 0 N–H and O–H groups in total. The van der Waals surface area contributed by atoms with Crippen molar-refractivity contribution in [2.75, 3.05) is 4.90 Å². The van der Waals surface area contributed by atoms with E-state index < -0.39 is 0 Å². The summed E-state index contributed by atoms with van der Waals surface area (Å²) in [5.74, 6) is 0. The molecule has 2 heterocycles. The van der Waals surface area contributed by atoms with Gasteiger partial charge < -0.3 is 9.47 Å². The van der Waals surface area contributed by atoms with Crippen LogP contribution in [0.15, 0.2) is 168 Å². The van der Waals surface area contributed by atoms with Gasteiger partial charge in [-0.15, -0.1) is 11.3 Å². The lowest BCUT2D eigenvalue weighted by Crippen LogP contribution is -2.10. The van der Waals surface area contributed by atoms with Crippen molar-refractivity contribution >= 4 is 86.3 Å². The molecule has 0 bridgehead atoms. The van der Waals surface area contributed by atoms with E-state index in [1.807, 2.05) is 11.3 Å². The molecule has 0 aliphatic heterocycles. The fourth-order valence-corrected chi connectivity index (χ4v) is 8.39. The van der Waals surface area contributed by atoms with Crippen molar-refractivity contribution in [1.29, 1.82) is 0 Å². The van der Waals surface area contributed by atoms with Crippen molar-refractivity contribution in [2.45, 2.75) is 0 Å². The Labute approximate surface area is 279 Å². The Balaban J connectivity index is 1.31. The first kappa shape index (κ1) is 27.2. The van der Waals surface area contributed by atoms with Crippen LogP contribution < -0.4 is 4.90 Å². The number of thiophene rings is 1. The Hall–Kier alpha value is -5.16. The first-order valence-electron chi connectivity index (χ1n) is 15.4. The van der Waals surface area contributed by atoms with Crippen molar-refractivity contribution in [2.24, 2.45) is 0 Å². The second kappa shape index (κ2) is 11.0. The van der Waals surface area contributed by atoms with Crippen LogP contribution in [-0.2, 0) is 0 Å². The van der Waals surface area contributed by atoms with E-state index in [9.17, 15) is 0 Å². The summed E-state index contributed by atoms with van der Waals surface area (Å²) in [6.45, 7) is 0. The summed E-state index contributed by atoms with van der Waals surface area (Å²) < 4.78 is 6.13. The summed E-state index contributed by atoms with van der Waals surface area (Å²) in [4.78, 5) is 2.37. The summed E-state index contributed by atoms with van der Waals surface area (Å²) in [5.41, 5.74) is 9.26. The van der Waals surface area contributed by atoms with Crippen molar-refractivity contribution < 1.29 is 0 Å². The van der Waals surface area contributed by atoms with Crippen molar-refractivity contribution in [3.63, 3.8) is 0 Å². The Morgan fingerprint density at radius 1 is 0.457 bits per heavy atom. The summed E-state index contributed by atoms with van der Waals surface area (Å²) in [6.07, 6.45) is 0. The van der Waals surface area contributed by atoms with Crippen molar-refractivity contribution in [3.8, 4) is 16.8 Å². The summed E-state index contributed by atoms with van der Waals surface area (Å²) in [5, 5.41) is 5.12. The van der Waals surface area contributed by atoms with Gasteiger partial charge >= 0.3 is 0 Å². The maximum atomic E-state index is 3.77. The van der Waals surface area contributed by atoms with E-state index in [2.05, 4.69) is 189 Å². The fourth-order valence-electron chi connectivity index (χ4n) is 6.75. The molecule has 9 aromatic rings. The van der Waals surface area contributed by atoms with E-state index >= 15 is 0 Å². The van der Waals surface area contributed by atoms with Gasteiger partial charge in [-0.2, -0.15) is 0 Å². The normalized spacial score (nSPS) is 11.6. The molecular formula is C42H27BrN2S. The lowest BCUT2D eigenvalue weighted by atomic mass is 10.0. The molecule has 9 rings (SSSR count). The third-order valence-corrected chi connectivity index (χ3v) is 10.6. The average molecular weight is 672 g/mol. The van der Waals surface area contributed by atoms with Crippen LogP contribution in [0.4, 0.5) is 17.1 Å². The molecular weight excluding hydrogens is 644 g/mol. The van der Waals surface area contributed by atoms with E-state index in [0.29, 0.717) is 0 Å². The van der Waals surface area contributed by atoms with E-state index in [4.69, 9.17) is 0 Å². The van der Waals surface area contributed by atoms with Gasteiger partial charge in [-0.05, 0) is 90.0 Å². The number of rotatable bonds is 5. The molecule has 7 aromatic carbocycles. The zero-order valence-corrected chi connectivity index (χ0v) is 27.2. The number of benzene rings is 7. The number of hydrogen-bond acceptors (Lipinski definition) is 2. The Morgan fingerprint density at radius 3 is 2.00 bits per heavy atom. The molecule has 0 saturated carbocycles. The molecule has 0 radical (unpaired) electrons. The molecule has 218 valence electrons. The maximum Gasteiger partial charge on any atom is 0.0555 e. The molecule has 0 unspecified atom stereocenters. The van der Waals surface area contributed by atoms with Gasteiger partial charge in [0, 0.05) is 58.2 Å². The lowest BCUT2D eigenvalue weighted by Gasteiger charge is -2.26. The molecule has 0 amide bonds. The minimum absolute atomic E-state index is 1.08. The van der Waals surface area contributed by atoms with E-state index in [1.54, 1.807) is 0 Å². The van der Waals surface area contributed by atoms with Crippen LogP contribution in [0.25, 0.3) is 58.8 Å². The topological polar surface area (TPSA) is 8.17 Å². The Kier molecular flexibility index (Phi) is 6.51. The van der Waals surface area contributed by atoms with Crippen LogP contribution in [0, 0.1) is 0 Å². The highest BCUT2D eigenvalue weighted by atomic mass is 79.9. The Morgan fingerprint density at radius 2 is 1.15 bits per heavy atom. The predicted octanol–water partition coefficient (Wildman–Crippen LogP) is 13.1. The smallest absolute Gasteiger partial charge is 0.0555 e. The number of para-hydroxylation sites is 2. The average Bonchev–Trinajstić information content (AvgIpc) is 3.63. The number of anilines is 3. The molecule has 0 saturated heterocycles. The molecule has 46 heavy (non-hydrogen) atoms. The van der Waals surface area contributed by atoms with Crippen LogP contribution in [0.3, 0.4) is 0 Å². The van der Waals surface area contributed by atoms with E-state index in [1.165, 1.54) is 53.1 Å². The van der Waals surface area contributed by atoms with Crippen molar-refractivity contribution in [1.82, 2.24) is 4.57 Å². The van der Waals surface area contributed by atoms with Gasteiger partial charge in [-0.1, -0.05) is 101 Å². The standard InChI is InChI=1S/C42H27BrN2S/c43-38-20-9-7-18-33(38)28-12-11-17-31(24-28)44(29-13-3-1-4-14-29)32-22-23-39-35(25-32)36-26-37-34-19-8-10-21-41(34)46-42(37)27-40(36)45(39)30-15-5-2-6-16-30/h1-27H. The summed E-state index contributed by atoms with van der Waals surface area (Å²) in [6, 6.07) is 59.1. The minimum Gasteiger partial charge on any atom is -0.310 e. The minimum atomic E-state index is 1.08. The summed E-state index contributed by atoms with van der Waals surface area (Å²) >= 11 is 5.64. The first-order chi connectivity index (χ1) is 22.7. The second-order valence-electron chi connectivity index (χ2n) is 11.5. The number of aromatic nitrogens is 1. The van der Waals surface area contributed by atoms with Crippen LogP contribution >= 0.6 is 27.3 Å². The third kappa shape index (κ3) is 4.45. The van der Waals surface area contributed by atoms with Crippen molar-refractivity contribution in [3.05, 3.63) is 168 Å². The van der Waals surface area contributed by atoms with Gasteiger partial charge in [0.05, 0.1) is 11.0 Å². The third-order valence-electron chi connectivity index (χ3n) is 8.82. The Bertz CT molecular complexity index is 2550. The maximum absolute atomic E-state index is 3.77. The highest BCUT2D eigenvalue weighted by Gasteiger charge is 2.19. The molecule has 0 aliphatic carbocycles. The van der Waals surface area contributed by atoms with Crippen LogP contribution in [0.2, 0.25) is 0 Å². The summed E-state index contributed by atoms with van der Waals surface area (Å²) in [7, 11) is 0. The molecule has 0 aliphatic rings. The van der Waals surface area contributed by atoms with Gasteiger partial charge in [-0.25, -0.2) is 0 Å². The number of nitrogens with zero attached hydrogens (tertiary/aromatic N) is 2. The lowest BCUT2D eigenvalue weighted by molar-refractivity contribution is 1.18. The zero-order valence-electron chi connectivity index (χ0n) is 24.8. The molecule has 0 atom stereocenters. The molecule has 2 aromatic heterocycles. The second-order valence-corrected chi connectivity index (χ2v) is 13.5. The predicted molar refractivity (Wildman–Crippen MR) is 201 cm³/mol. The van der Waals surface area contributed by atoms with Crippen LogP contribution in [-0.4, -0.2) is 4.57 Å². The quantitative estimate of drug-likeness (QED) is 0.177. The largest absolute Gasteiger partial charge is 0.310 e. The number of hydrogen-bond donors (Lipinski definition) is 0. The van der Waals surface area contributed by atoms with E-state index in [-0.39, 0.29) is 0 Å². The highest BCUT2D eigenvalue weighted by molar-refractivity contribution is 9.10. The SMILES string of the molecule is Brc1ccccc1-c1cccc(N(c2ccccc2)c2ccc3c(c2)c2cc4c(cc2n3-c2ccccc2)sc2ccccc24)c1. The van der Waals surface area contributed by atoms with Gasteiger partial charge in [0.15, 0.2) is 0 Å². The fraction of sp³-hybridized carbons (Fsp3) is 0. The van der Waals surface area contributed by atoms with Crippen LogP contribution in [0.1, 0.15) is 0 Å². The molecule has 2 nitrogen and oxygen atoms in total. The zero-order chi connectivity index (χ0) is 30.6. The number of halogens is 1. The van der Waals surface area contributed by atoms with E-state index in [0.717, 1.165) is 27.2 Å². The van der Waals surface area contributed by atoms with Gasteiger partial charge in [0.25, 0.3) is 0 Å².